The minimum absolute atomic E-state index is 0.157. The molecule has 164 valence electrons. The minimum atomic E-state index is -0.531. The van der Waals surface area contributed by atoms with Crippen molar-refractivity contribution in [1.29, 1.82) is 0 Å². The molecule has 3 heterocycles. The summed E-state index contributed by atoms with van der Waals surface area (Å²) in [5.74, 6) is -0.110. The molecule has 0 radical (unpaired) electrons. The van der Waals surface area contributed by atoms with Gasteiger partial charge >= 0.3 is 0 Å². The van der Waals surface area contributed by atoms with Crippen LogP contribution < -0.4 is 16.4 Å². The molecule has 0 fully saturated rings. The van der Waals surface area contributed by atoms with Crippen LogP contribution >= 0.6 is 0 Å². The Morgan fingerprint density at radius 2 is 1.72 bits per heavy atom. The Morgan fingerprint density at radius 3 is 2.38 bits per heavy atom. The van der Waals surface area contributed by atoms with E-state index in [1.54, 1.807) is 41.5 Å². The van der Waals surface area contributed by atoms with Crippen molar-refractivity contribution in [3.63, 3.8) is 0 Å². The van der Waals surface area contributed by atoms with Gasteiger partial charge in [0.1, 0.15) is 12.2 Å². The average Bonchev–Trinajstić information content (AvgIpc) is 3.20. The third-order valence-electron chi connectivity index (χ3n) is 5.19. The summed E-state index contributed by atoms with van der Waals surface area (Å²) >= 11 is 0. The monoisotopic (exact) mass is 433 g/mol. The van der Waals surface area contributed by atoms with Gasteiger partial charge in [0.15, 0.2) is 5.82 Å². The predicted octanol–water partition coefficient (Wildman–Crippen LogP) is 1.48. The Balaban J connectivity index is 1.62. The van der Waals surface area contributed by atoms with Gasteiger partial charge in [0, 0.05) is 18.8 Å². The van der Waals surface area contributed by atoms with Gasteiger partial charge in [-0.1, -0.05) is 18.2 Å². The van der Waals surface area contributed by atoms with Gasteiger partial charge in [-0.2, -0.15) is 5.10 Å². The molecule has 0 atom stereocenters. The molecule has 0 saturated carbocycles. The number of nitrogens with one attached hydrogen (secondary N) is 1. The fourth-order valence-electron chi connectivity index (χ4n) is 3.55. The number of hydrogen-bond acceptors (Lipinski definition) is 5. The van der Waals surface area contributed by atoms with E-state index in [2.05, 4.69) is 15.5 Å². The molecule has 0 unspecified atom stereocenters. The molecule has 0 bridgehead atoms. The number of para-hydroxylation sites is 1. The molecule has 0 saturated heterocycles. The third-order valence-corrected chi connectivity index (χ3v) is 5.19. The molecular formula is C22H23N7O3. The summed E-state index contributed by atoms with van der Waals surface area (Å²) in [6.07, 6.45) is 0. The fourth-order valence-corrected chi connectivity index (χ4v) is 3.55. The van der Waals surface area contributed by atoms with Crippen molar-refractivity contribution in [2.45, 2.75) is 27.3 Å². The van der Waals surface area contributed by atoms with Gasteiger partial charge in [-0.3, -0.25) is 19.1 Å². The summed E-state index contributed by atoms with van der Waals surface area (Å²) in [5.41, 5.74) is 2.30. The molecule has 10 heteroatoms. The van der Waals surface area contributed by atoms with Crippen molar-refractivity contribution in [2.24, 2.45) is 7.05 Å². The zero-order valence-electron chi connectivity index (χ0n) is 18.2. The second kappa shape index (κ2) is 8.14. The molecule has 1 aromatic carbocycles. The Hall–Kier alpha value is -4.21. The van der Waals surface area contributed by atoms with E-state index >= 15 is 0 Å². The van der Waals surface area contributed by atoms with Gasteiger partial charge in [0.05, 0.1) is 17.1 Å². The summed E-state index contributed by atoms with van der Waals surface area (Å²) < 4.78 is 5.79. The number of anilines is 1. The highest BCUT2D eigenvalue weighted by Gasteiger charge is 2.19. The molecule has 4 rings (SSSR count). The van der Waals surface area contributed by atoms with Gasteiger partial charge in [0.25, 0.3) is 11.1 Å². The van der Waals surface area contributed by atoms with Crippen molar-refractivity contribution in [2.75, 3.05) is 5.32 Å². The molecule has 10 nitrogen and oxygen atoms in total. The minimum Gasteiger partial charge on any atom is -0.318 e. The average molecular weight is 433 g/mol. The zero-order valence-corrected chi connectivity index (χ0v) is 18.2. The van der Waals surface area contributed by atoms with Crippen LogP contribution in [-0.2, 0) is 18.4 Å². The van der Waals surface area contributed by atoms with Gasteiger partial charge in [0.2, 0.25) is 5.91 Å². The molecule has 32 heavy (non-hydrogen) atoms. The first kappa shape index (κ1) is 21.0. The summed E-state index contributed by atoms with van der Waals surface area (Å²) in [6, 6.07) is 13.9. The fraction of sp³-hybridized carbons (Fsp3) is 0.227. The lowest BCUT2D eigenvalue weighted by molar-refractivity contribution is -0.117. The van der Waals surface area contributed by atoms with Crippen LogP contribution in [0, 0.1) is 20.8 Å². The Morgan fingerprint density at radius 1 is 1.00 bits per heavy atom. The summed E-state index contributed by atoms with van der Waals surface area (Å²) in [5, 5.41) is 11.3. The van der Waals surface area contributed by atoms with E-state index in [-0.39, 0.29) is 17.8 Å². The Bertz CT molecular complexity index is 1420. The SMILES string of the molecule is Cc1cc(C)n(-c2ccc(=O)n(CC(=O)Nc3c(C)n(C)n(-c4ccccc4)c3=O)n2)n1. The van der Waals surface area contributed by atoms with Crippen LogP contribution in [0.5, 0.6) is 0 Å². The van der Waals surface area contributed by atoms with Gasteiger partial charge in [-0.25, -0.2) is 14.0 Å². The van der Waals surface area contributed by atoms with Crippen molar-refractivity contribution in [3.05, 3.63) is 86.3 Å². The number of aromatic nitrogens is 6. The van der Waals surface area contributed by atoms with E-state index in [0.29, 0.717) is 17.2 Å². The van der Waals surface area contributed by atoms with E-state index in [0.717, 1.165) is 16.1 Å². The summed E-state index contributed by atoms with van der Waals surface area (Å²) in [6.45, 7) is 5.13. The topological polar surface area (TPSA) is 109 Å². The number of benzene rings is 1. The molecule has 0 aliphatic rings. The molecule has 1 amide bonds. The zero-order chi connectivity index (χ0) is 23.0. The smallest absolute Gasteiger partial charge is 0.295 e. The number of amides is 1. The quantitative estimate of drug-likeness (QED) is 0.513. The van der Waals surface area contributed by atoms with Gasteiger partial charge in [-0.05, 0) is 45.0 Å². The lowest BCUT2D eigenvalue weighted by atomic mass is 10.3. The number of hydrogen-bond donors (Lipinski definition) is 1. The van der Waals surface area contributed by atoms with Crippen LogP contribution in [0.15, 0.2) is 58.1 Å². The lowest BCUT2D eigenvalue weighted by Crippen LogP contribution is -2.31. The summed E-state index contributed by atoms with van der Waals surface area (Å²) in [7, 11) is 1.74. The number of carbonyl (C=O) groups is 1. The molecule has 0 aliphatic heterocycles. The number of rotatable bonds is 5. The highest BCUT2D eigenvalue weighted by atomic mass is 16.2. The third kappa shape index (κ3) is 3.78. The van der Waals surface area contributed by atoms with E-state index in [1.807, 2.05) is 38.1 Å². The maximum Gasteiger partial charge on any atom is 0.295 e. The van der Waals surface area contributed by atoms with Crippen LogP contribution in [-0.4, -0.2) is 34.8 Å². The number of carbonyl (C=O) groups excluding carboxylic acids is 1. The van der Waals surface area contributed by atoms with E-state index < -0.39 is 11.5 Å². The highest BCUT2D eigenvalue weighted by Crippen LogP contribution is 2.14. The van der Waals surface area contributed by atoms with Gasteiger partial charge in [-0.15, -0.1) is 5.10 Å². The normalized spacial score (nSPS) is 11.0. The van der Waals surface area contributed by atoms with Crippen LogP contribution in [0.3, 0.4) is 0 Å². The predicted molar refractivity (Wildman–Crippen MR) is 119 cm³/mol. The first-order chi connectivity index (χ1) is 15.3. The Labute approximate surface area is 183 Å². The van der Waals surface area contributed by atoms with Crippen molar-refractivity contribution in [1.82, 2.24) is 28.9 Å². The van der Waals surface area contributed by atoms with Crippen LogP contribution in [0.2, 0.25) is 0 Å². The van der Waals surface area contributed by atoms with Crippen LogP contribution in [0.25, 0.3) is 11.5 Å². The van der Waals surface area contributed by atoms with Crippen LogP contribution in [0.1, 0.15) is 17.1 Å². The maximum atomic E-state index is 13.0. The second-order valence-corrected chi connectivity index (χ2v) is 7.51. The standard InChI is InChI=1S/C22H23N7O3/c1-14-12-15(2)28(24-14)18-10-11-20(31)27(25-18)13-19(30)23-21-16(3)26(4)29(22(21)32)17-8-6-5-7-9-17/h5-12H,13H2,1-4H3,(H,23,30). The number of aryl methyl sites for hydroxylation is 2. The molecule has 0 aliphatic carbocycles. The van der Waals surface area contributed by atoms with Gasteiger partial charge < -0.3 is 5.32 Å². The number of nitrogens with zero attached hydrogens (tertiary/aromatic N) is 6. The van der Waals surface area contributed by atoms with Crippen molar-refractivity contribution in [3.8, 4) is 11.5 Å². The molecule has 0 spiro atoms. The molecule has 3 aromatic heterocycles. The molecular weight excluding hydrogens is 410 g/mol. The van der Waals surface area contributed by atoms with E-state index in [4.69, 9.17) is 0 Å². The lowest BCUT2D eigenvalue weighted by Gasteiger charge is -2.08. The van der Waals surface area contributed by atoms with Crippen molar-refractivity contribution >= 4 is 11.6 Å². The van der Waals surface area contributed by atoms with Crippen molar-refractivity contribution < 1.29 is 4.79 Å². The first-order valence-corrected chi connectivity index (χ1v) is 10.0. The highest BCUT2D eigenvalue weighted by molar-refractivity contribution is 5.91. The summed E-state index contributed by atoms with van der Waals surface area (Å²) in [4.78, 5) is 38.0. The van der Waals surface area contributed by atoms with E-state index in [1.165, 1.54) is 10.7 Å². The largest absolute Gasteiger partial charge is 0.318 e. The van der Waals surface area contributed by atoms with E-state index in [9.17, 15) is 14.4 Å². The van der Waals surface area contributed by atoms with Crippen LogP contribution in [0.4, 0.5) is 5.69 Å². The first-order valence-electron chi connectivity index (χ1n) is 10.0. The second-order valence-electron chi connectivity index (χ2n) is 7.51. The maximum absolute atomic E-state index is 13.0. The molecule has 4 aromatic rings. The Kier molecular flexibility index (Phi) is 5.35. The molecule has 1 N–H and O–H groups in total.